The summed E-state index contributed by atoms with van der Waals surface area (Å²) in [5.74, 6) is -20.2. The molecule has 28 N–H and O–H groups in total. The summed E-state index contributed by atoms with van der Waals surface area (Å²) in [6.07, 6.45) is 1.62. The minimum atomic E-state index is -1.77. The van der Waals surface area contributed by atoms with E-state index in [2.05, 4.69) is 94.4 Å². The van der Waals surface area contributed by atoms with E-state index in [0.29, 0.717) is 17.8 Å². The van der Waals surface area contributed by atoms with Gasteiger partial charge in [0.25, 0.3) is 0 Å². The molecule has 0 radical (unpaired) electrons. The Kier molecular flexibility index (Phi) is 39.9. The van der Waals surface area contributed by atoms with Gasteiger partial charge in [0.05, 0.1) is 45.3 Å². The maximum absolute atomic E-state index is 14.4. The number of hydrogen-bond donors (Lipinski definition) is 23. The van der Waals surface area contributed by atoms with E-state index in [1.807, 2.05) is 0 Å². The first-order valence-electron chi connectivity index (χ1n) is 33.6. The lowest BCUT2D eigenvalue weighted by molar-refractivity contribution is -0.144. The number of carboxylic acid groups (broad SMARTS) is 2. The van der Waals surface area contributed by atoms with Crippen molar-refractivity contribution in [2.45, 2.75) is 191 Å². The van der Waals surface area contributed by atoms with Gasteiger partial charge in [-0.15, -0.1) is 0 Å². The average Bonchev–Trinajstić information content (AvgIpc) is 1.02. The van der Waals surface area contributed by atoms with E-state index in [0.717, 1.165) is 0 Å². The molecule has 0 bridgehead atoms. The Balaban J connectivity index is 2.20. The third kappa shape index (κ3) is 35.4. The number of aromatic nitrogens is 4. The lowest BCUT2D eigenvalue weighted by Gasteiger charge is -2.27. The number of aliphatic carboxylic acids is 2. The number of carbonyl (C=O) groups is 19. The molecular weight excluding hydrogens is 1400 g/mol. The van der Waals surface area contributed by atoms with Gasteiger partial charge in [0.15, 0.2) is 0 Å². The standard InChI is InChI=1S/C62H99N23O21/c1-29(2)17-39(82-59(102)41(19-34-23-69-28-74-34)84-60(103)40(18-33-22-68-27-73-33)83-58(101)38(12-15-45(67)88)81-57(100)36(10-13-43(65)86)77-46(89)21-64)54(97)72-24-47(90)70-25-48(91)75-32(6)53(96)79-35(9-7-8-16-63)56(99)80-37(11-14-44(66)87)55(98)76-31(5)52(95)71-26-49(92)78-42(20-50(93)94)61(104)85-51(30(3)4)62(105)106/h22-23,27-32,35-42,51H,7-21,24-26,63-64H2,1-6H3,(H2,65,86)(H2,66,87)(H2,67,88)(H,68,73)(H,69,74)(H,70,90)(H,71,95)(H,72,97)(H,75,91)(H,76,98)(H,77,89)(H,78,92)(H,79,96)(H,80,99)(H,81,100)(H,82,102)(H,83,101)(H,84,103)(H,85,104)(H,93,94)(H,105,106). The zero-order valence-corrected chi connectivity index (χ0v) is 59.5. The zero-order valence-electron chi connectivity index (χ0n) is 59.5. The molecule has 588 valence electrons. The Bertz CT molecular complexity index is 3390. The summed E-state index contributed by atoms with van der Waals surface area (Å²) in [6, 6.07) is -16.7. The molecular formula is C62H99N23O21. The summed E-state index contributed by atoms with van der Waals surface area (Å²) in [5.41, 5.74) is 27.6. The van der Waals surface area contributed by atoms with Crippen molar-refractivity contribution in [3.63, 3.8) is 0 Å². The molecule has 17 amide bonds. The first kappa shape index (κ1) is 90.4. The smallest absolute Gasteiger partial charge is 0.326 e. The second-order valence-corrected chi connectivity index (χ2v) is 25.2. The molecule has 2 aromatic heterocycles. The van der Waals surface area contributed by atoms with Crippen LogP contribution >= 0.6 is 0 Å². The number of hydrogen-bond acceptors (Lipinski definition) is 23. The fourth-order valence-corrected chi connectivity index (χ4v) is 9.68. The van der Waals surface area contributed by atoms with Crippen LogP contribution in [-0.4, -0.2) is 242 Å². The summed E-state index contributed by atoms with van der Waals surface area (Å²) >= 11 is 0. The molecule has 11 atom stereocenters. The number of primary amides is 3. The van der Waals surface area contributed by atoms with E-state index < -0.39 is 243 Å². The van der Waals surface area contributed by atoms with Gasteiger partial charge in [0.1, 0.15) is 66.5 Å². The summed E-state index contributed by atoms with van der Waals surface area (Å²) in [6.45, 7) is 5.97. The Labute approximate surface area is 607 Å². The van der Waals surface area contributed by atoms with Crippen LogP contribution in [0.15, 0.2) is 25.0 Å². The molecule has 0 fully saturated rings. The van der Waals surface area contributed by atoms with Crippen molar-refractivity contribution < 1.29 is 101 Å². The first-order chi connectivity index (χ1) is 49.8. The first-order valence-corrected chi connectivity index (χ1v) is 33.6. The average molecular weight is 1500 g/mol. The molecule has 2 heterocycles. The van der Waals surface area contributed by atoms with Crippen LogP contribution in [0.1, 0.15) is 124 Å². The number of nitrogens with two attached hydrogens (primary N) is 5. The number of amides is 17. The van der Waals surface area contributed by atoms with Gasteiger partial charge in [0, 0.05) is 55.9 Å². The second kappa shape index (κ2) is 46.8. The zero-order chi connectivity index (χ0) is 79.9. The SMILES string of the molecule is CC(C)CC(NC(=O)C(Cc1cnc[nH]1)NC(=O)C(Cc1cnc[nH]1)NC(=O)C(CCC(N)=O)NC(=O)C(CCC(N)=O)NC(=O)CN)C(=O)NCC(=O)NCC(=O)NC(C)C(=O)NC(CCCCN)C(=O)NC(CCC(N)=O)C(=O)NC(C)C(=O)NCC(=O)NC(CC(=O)O)C(=O)NC(C(=O)O)C(C)C. The maximum atomic E-state index is 14.4. The number of carboxylic acids is 2. The second-order valence-electron chi connectivity index (χ2n) is 25.2. The largest absolute Gasteiger partial charge is 0.481 e. The lowest BCUT2D eigenvalue weighted by atomic mass is 10.0. The predicted molar refractivity (Wildman–Crippen MR) is 368 cm³/mol. The highest BCUT2D eigenvalue weighted by molar-refractivity contribution is 6.00. The van der Waals surface area contributed by atoms with Gasteiger partial charge in [-0.3, -0.25) is 86.3 Å². The molecule has 0 aromatic carbocycles. The third-order valence-electron chi connectivity index (χ3n) is 15.4. The Hall–Kier alpha value is -11.7. The number of H-pyrrole nitrogens is 2. The minimum absolute atomic E-state index is 0.0397. The van der Waals surface area contributed by atoms with Gasteiger partial charge < -0.3 is 123 Å². The molecule has 2 rings (SSSR count). The van der Waals surface area contributed by atoms with Gasteiger partial charge in [-0.25, -0.2) is 14.8 Å². The Morgan fingerprint density at radius 2 is 0.792 bits per heavy atom. The number of aromatic amines is 2. The van der Waals surface area contributed by atoms with E-state index in [4.69, 9.17) is 28.7 Å². The Morgan fingerprint density at radius 3 is 1.23 bits per heavy atom. The van der Waals surface area contributed by atoms with Crippen molar-refractivity contribution in [1.29, 1.82) is 0 Å². The summed E-state index contributed by atoms with van der Waals surface area (Å²) in [7, 11) is 0. The molecule has 0 saturated carbocycles. The molecule has 2 aromatic rings. The molecule has 11 unspecified atom stereocenters. The summed E-state index contributed by atoms with van der Waals surface area (Å²) < 4.78 is 0. The van der Waals surface area contributed by atoms with Crippen molar-refractivity contribution >= 4 is 112 Å². The van der Waals surface area contributed by atoms with Crippen molar-refractivity contribution in [3.8, 4) is 0 Å². The normalized spacial score (nSPS) is 14.1. The highest BCUT2D eigenvalue weighted by Crippen LogP contribution is 2.12. The number of unbranched alkanes of at least 4 members (excludes halogenated alkanes) is 1. The quantitative estimate of drug-likeness (QED) is 0.0274. The number of nitrogens with one attached hydrogen (secondary N) is 16. The highest BCUT2D eigenvalue weighted by Gasteiger charge is 2.36. The van der Waals surface area contributed by atoms with E-state index >= 15 is 0 Å². The predicted octanol–water partition coefficient (Wildman–Crippen LogP) is -10.2. The van der Waals surface area contributed by atoms with Crippen molar-refractivity contribution in [2.24, 2.45) is 40.5 Å². The topological polar surface area (TPSA) is 721 Å². The fourth-order valence-electron chi connectivity index (χ4n) is 9.68. The molecule has 0 spiro atoms. The van der Waals surface area contributed by atoms with Gasteiger partial charge in [-0.1, -0.05) is 27.7 Å². The van der Waals surface area contributed by atoms with E-state index in [9.17, 15) is 101 Å². The molecule has 0 aliphatic carbocycles. The number of rotatable bonds is 51. The molecule has 0 saturated heterocycles. The van der Waals surface area contributed by atoms with E-state index in [-0.39, 0.29) is 57.4 Å². The van der Waals surface area contributed by atoms with Crippen molar-refractivity contribution in [1.82, 2.24) is 94.4 Å². The summed E-state index contributed by atoms with van der Waals surface area (Å²) in [4.78, 5) is 260. The van der Waals surface area contributed by atoms with Crippen LogP contribution in [0, 0.1) is 11.8 Å². The van der Waals surface area contributed by atoms with Crippen molar-refractivity contribution in [3.05, 3.63) is 36.4 Å². The van der Waals surface area contributed by atoms with Crippen LogP contribution < -0.4 is 103 Å². The highest BCUT2D eigenvalue weighted by atomic mass is 16.4. The van der Waals surface area contributed by atoms with E-state index in [1.54, 1.807) is 13.8 Å². The van der Waals surface area contributed by atoms with Crippen LogP contribution in [0.3, 0.4) is 0 Å². The minimum Gasteiger partial charge on any atom is -0.481 e. The van der Waals surface area contributed by atoms with Gasteiger partial charge >= 0.3 is 11.9 Å². The number of carbonyl (C=O) groups excluding carboxylic acids is 17. The van der Waals surface area contributed by atoms with Crippen LogP contribution in [0.25, 0.3) is 0 Å². The van der Waals surface area contributed by atoms with Crippen LogP contribution in [-0.2, 0) is 104 Å². The molecule has 106 heavy (non-hydrogen) atoms. The lowest BCUT2D eigenvalue weighted by Crippen LogP contribution is -2.60. The molecule has 0 aliphatic rings. The van der Waals surface area contributed by atoms with E-state index in [1.165, 1.54) is 52.7 Å². The number of imidazole rings is 2. The van der Waals surface area contributed by atoms with Crippen LogP contribution in [0.2, 0.25) is 0 Å². The van der Waals surface area contributed by atoms with Crippen molar-refractivity contribution in [2.75, 3.05) is 32.7 Å². The summed E-state index contributed by atoms with van der Waals surface area (Å²) in [5, 5.41) is 51.8. The van der Waals surface area contributed by atoms with Gasteiger partial charge in [-0.2, -0.15) is 0 Å². The van der Waals surface area contributed by atoms with Crippen LogP contribution in [0.4, 0.5) is 0 Å². The number of nitrogens with zero attached hydrogens (tertiary/aromatic N) is 2. The fraction of sp³-hybridized carbons (Fsp3) is 0.597. The third-order valence-corrected chi connectivity index (χ3v) is 15.4. The monoisotopic (exact) mass is 1500 g/mol. The van der Waals surface area contributed by atoms with Gasteiger partial charge in [0.2, 0.25) is 100 Å². The molecule has 44 nitrogen and oxygen atoms in total. The molecule has 0 aliphatic heterocycles. The van der Waals surface area contributed by atoms with Crippen LogP contribution in [0.5, 0.6) is 0 Å². The Morgan fingerprint density at radius 1 is 0.406 bits per heavy atom. The molecule has 44 heteroatoms. The maximum Gasteiger partial charge on any atom is 0.326 e. The van der Waals surface area contributed by atoms with Gasteiger partial charge in [-0.05, 0) is 77.2 Å².